The van der Waals surface area contributed by atoms with Gasteiger partial charge in [0.05, 0.1) is 22.1 Å². The Balaban J connectivity index is 1.56. The fourth-order valence-electron chi connectivity index (χ4n) is 5.29. The zero-order valence-corrected chi connectivity index (χ0v) is 21.4. The fourth-order valence-corrected chi connectivity index (χ4v) is 7.10. The molecule has 1 aliphatic rings. The molecule has 6 rings (SSSR count). The van der Waals surface area contributed by atoms with Crippen molar-refractivity contribution < 1.29 is 13.5 Å². The predicted molar refractivity (Wildman–Crippen MR) is 148 cm³/mol. The van der Waals surface area contributed by atoms with Crippen molar-refractivity contribution in [3.8, 4) is 28.0 Å². The van der Waals surface area contributed by atoms with Crippen LogP contribution < -0.4 is 4.31 Å². The van der Waals surface area contributed by atoms with Crippen molar-refractivity contribution >= 4 is 26.6 Å². The van der Waals surface area contributed by atoms with E-state index in [9.17, 15) is 13.5 Å². The second kappa shape index (κ2) is 8.75. The highest BCUT2D eigenvalue weighted by molar-refractivity contribution is 7.92. The van der Waals surface area contributed by atoms with Crippen LogP contribution in [0.5, 0.6) is 5.75 Å². The summed E-state index contributed by atoms with van der Waals surface area (Å²) in [6, 6.07) is 28.3. The quantitative estimate of drug-likeness (QED) is 0.279. The Kier molecular flexibility index (Phi) is 5.50. The normalized spacial score (nSPS) is 14.9. The van der Waals surface area contributed by atoms with Gasteiger partial charge in [-0.15, -0.1) is 0 Å². The standard InChI is InChI=1S/C31H26N2O3S/c1-3-29-26-9-5-4-8-25(26)27-19-22(21-10-13-28-23(18-21)7-6-16-32-28)11-14-30(27)33(29)37(35,36)24-12-15-31(34)20(2)17-24/h4-19,29,34H,3H2,1-2H3. The first-order valence-electron chi connectivity index (χ1n) is 12.3. The Bertz CT molecular complexity index is 1780. The molecule has 37 heavy (non-hydrogen) atoms. The molecule has 0 saturated heterocycles. The second-order valence-electron chi connectivity index (χ2n) is 9.40. The lowest BCUT2D eigenvalue weighted by Crippen LogP contribution is -2.37. The van der Waals surface area contributed by atoms with Gasteiger partial charge in [0.15, 0.2) is 0 Å². The van der Waals surface area contributed by atoms with E-state index in [0.717, 1.165) is 38.7 Å². The van der Waals surface area contributed by atoms with Crippen LogP contribution in [-0.2, 0) is 10.0 Å². The van der Waals surface area contributed by atoms with Crippen molar-refractivity contribution in [2.24, 2.45) is 0 Å². The third-order valence-corrected chi connectivity index (χ3v) is 8.99. The first kappa shape index (κ1) is 23.3. The largest absolute Gasteiger partial charge is 0.508 e. The second-order valence-corrected chi connectivity index (χ2v) is 11.2. The van der Waals surface area contributed by atoms with Gasteiger partial charge >= 0.3 is 0 Å². The lowest BCUT2D eigenvalue weighted by atomic mass is 9.87. The molecule has 1 aromatic heterocycles. The number of phenolic OH excluding ortho intramolecular Hbond substituents is 1. The number of hydrogen-bond acceptors (Lipinski definition) is 4. The number of phenols is 1. The number of hydrogen-bond donors (Lipinski definition) is 1. The summed E-state index contributed by atoms with van der Waals surface area (Å²) in [4.78, 5) is 4.59. The van der Waals surface area contributed by atoms with Crippen LogP contribution in [0.4, 0.5) is 5.69 Å². The highest BCUT2D eigenvalue weighted by Gasteiger charge is 2.38. The van der Waals surface area contributed by atoms with E-state index in [-0.39, 0.29) is 16.7 Å². The molecule has 0 bridgehead atoms. The van der Waals surface area contributed by atoms with Crippen LogP contribution in [0.3, 0.4) is 0 Å². The number of pyridine rings is 1. The van der Waals surface area contributed by atoms with Crippen molar-refractivity contribution in [3.63, 3.8) is 0 Å². The molecule has 4 aromatic carbocycles. The Morgan fingerprint density at radius 1 is 0.865 bits per heavy atom. The summed E-state index contributed by atoms with van der Waals surface area (Å²) in [6.07, 6.45) is 2.40. The summed E-state index contributed by atoms with van der Waals surface area (Å²) < 4.78 is 29.8. The Labute approximate surface area is 216 Å². The number of benzene rings is 4. The van der Waals surface area contributed by atoms with Gasteiger partial charge in [0.2, 0.25) is 0 Å². The summed E-state index contributed by atoms with van der Waals surface area (Å²) in [5, 5.41) is 11.1. The first-order valence-corrected chi connectivity index (χ1v) is 13.7. The van der Waals surface area contributed by atoms with Gasteiger partial charge in [-0.2, -0.15) is 0 Å². The molecule has 0 amide bonds. The minimum absolute atomic E-state index is 0.0746. The lowest BCUT2D eigenvalue weighted by Gasteiger charge is -2.39. The summed E-state index contributed by atoms with van der Waals surface area (Å²) in [6.45, 7) is 3.71. The monoisotopic (exact) mass is 506 g/mol. The number of fused-ring (bicyclic) bond motifs is 4. The number of sulfonamides is 1. The molecule has 0 fully saturated rings. The van der Waals surface area contributed by atoms with Crippen molar-refractivity contribution in [1.29, 1.82) is 0 Å². The van der Waals surface area contributed by atoms with Gasteiger partial charge in [-0.1, -0.05) is 49.4 Å². The van der Waals surface area contributed by atoms with Crippen LogP contribution in [0.15, 0.2) is 102 Å². The number of aryl methyl sites for hydroxylation is 1. The molecule has 0 aliphatic carbocycles. The van der Waals surface area contributed by atoms with Crippen molar-refractivity contribution in [1.82, 2.24) is 4.98 Å². The van der Waals surface area contributed by atoms with Crippen molar-refractivity contribution in [2.75, 3.05) is 4.31 Å². The molecule has 1 N–H and O–H groups in total. The van der Waals surface area contributed by atoms with Crippen LogP contribution in [0, 0.1) is 6.92 Å². The molecule has 0 saturated carbocycles. The topological polar surface area (TPSA) is 70.5 Å². The molecule has 5 aromatic rings. The molecular weight excluding hydrogens is 480 g/mol. The summed E-state index contributed by atoms with van der Waals surface area (Å²) >= 11 is 0. The molecule has 184 valence electrons. The van der Waals surface area contributed by atoms with Crippen LogP contribution in [-0.4, -0.2) is 18.5 Å². The van der Waals surface area contributed by atoms with Gasteiger partial charge in [0.1, 0.15) is 5.75 Å². The smallest absolute Gasteiger partial charge is 0.264 e. The molecule has 0 radical (unpaired) electrons. The number of rotatable bonds is 4. The van der Waals surface area contributed by atoms with Crippen LogP contribution >= 0.6 is 0 Å². The Morgan fingerprint density at radius 3 is 2.46 bits per heavy atom. The van der Waals surface area contributed by atoms with Gasteiger partial charge < -0.3 is 5.11 Å². The van der Waals surface area contributed by atoms with E-state index in [0.29, 0.717) is 17.7 Å². The Morgan fingerprint density at radius 2 is 1.65 bits per heavy atom. The van der Waals surface area contributed by atoms with E-state index in [1.165, 1.54) is 18.2 Å². The molecule has 1 aliphatic heterocycles. The summed E-state index contributed by atoms with van der Waals surface area (Å²) in [5.74, 6) is 0.0746. The van der Waals surface area contributed by atoms with E-state index in [2.05, 4.69) is 23.2 Å². The molecule has 2 heterocycles. The first-order chi connectivity index (χ1) is 17.9. The number of aromatic nitrogens is 1. The molecule has 1 unspecified atom stereocenters. The fraction of sp³-hybridized carbons (Fsp3) is 0.129. The van der Waals surface area contributed by atoms with Crippen molar-refractivity contribution in [3.05, 3.63) is 108 Å². The van der Waals surface area contributed by atoms with Gasteiger partial charge in [-0.25, -0.2) is 8.42 Å². The van der Waals surface area contributed by atoms with E-state index in [4.69, 9.17) is 0 Å². The van der Waals surface area contributed by atoms with Gasteiger partial charge in [-0.05, 0) is 89.7 Å². The zero-order valence-electron chi connectivity index (χ0n) is 20.6. The number of anilines is 1. The molecule has 0 spiro atoms. The van der Waals surface area contributed by atoms with E-state index < -0.39 is 10.0 Å². The molecule has 5 nitrogen and oxygen atoms in total. The van der Waals surface area contributed by atoms with Crippen LogP contribution in [0.25, 0.3) is 33.2 Å². The highest BCUT2D eigenvalue weighted by atomic mass is 32.2. The number of nitrogens with zero attached hydrogens (tertiary/aromatic N) is 2. The molecule has 6 heteroatoms. The SMILES string of the molecule is CCC1c2ccccc2-c2cc(-c3ccc4ncccc4c3)ccc2N1S(=O)(=O)c1ccc(O)c(C)c1. The number of aromatic hydroxyl groups is 1. The zero-order chi connectivity index (χ0) is 25.7. The van der Waals surface area contributed by atoms with Crippen LogP contribution in [0.2, 0.25) is 0 Å². The van der Waals surface area contributed by atoms with E-state index in [1.807, 2.05) is 61.5 Å². The summed E-state index contributed by atoms with van der Waals surface area (Å²) in [7, 11) is -3.91. The van der Waals surface area contributed by atoms with Gasteiger partial charge in [0.25, 0.3) is 10.0 Å². The predicted octanol–water partition coefficient (Wildman–Crippen LogP) is 7.24. The third kappa shape index (κ3) is 3.76. The Hall–Kier alpha value is -4.16. The van der Waals surface area contributed by atoms with Crippen molar-refractivity contribution in [2.45, 2.75) is 31.2 Å². The maximum Gasteiger partial charge on any atom is 0.264 e. The minimum Gasteiger partial charge on any atom is -0.508 e. The minimum atomic E-state index is -3.91. The average Bonchev–Trinajstić information content (AvgIpc) is 2.93. The lowest BCUT2D eigenvalue weighted by molar-refractivity contribution is 0.470. The van der Waals surface area contributed by atoms with Gasteiger partial charge in [0, 0.05) is 17.1 Å². The highest BCUT2D eigenvalue weighted by Crippen LogP contribution is 2.49. The summed E-state index contributed by atoms with van der Waals surface area (Å²) in [5.41, 5.74) is 7.06. The third-order valence-electron chi connectivity index (χ3n) is 7.18. The van der Waals surface area contributed by atoms with Gasteiger partial charge in [-0.3, -0.25) is 9.29 Å². The maximum absolute atomic E-state index is 14.1. The molecule has 1 atom stereocenters. The average molecular weight is 507 g/mol. The maximum atomic E-state index is 14.1. The van der Waals surface area contributed by atoms with E-state index >= 15 is 0 Å². The van der Waals surface area contributed by atoms with Crippen LogP contribution in [0.1, 0.15) is 30.5 Å². The molecular formula is C31H26N2O3S. The van der Waals surface area contributed by atoms with E-state index in [1.54, 1.807) is 17.4 Å².